The molecule has 108 valence electrons. The number of rotatable bonds is 8. The van der Waals surface area contributed by atoms with E-state index in [9.17, 15) is 4.79 Å². The molecular formula is C15H26N2O2. The molecule has 0 N–H and O–H groups in total. The fraction of sp³-hybridized carbons (Fsp3) is 0.733. The molecule has 0 bridgehead atoms. The SMILES string of the molecule is CCC(=O)c1c(C)nn(CCOCCC(C)C)c1C. The number of ether oxygens (including phenoxy) is 1. The van der Waals surface area contributed by atoms with Crippen molar-refractivity contribution in [3.8, 4) is 0 Å². The number of carbonyl (C=O) groups excluding carboxylic acids is 1. The quantitative estimate of drug-likeness (QED) is 0.536. The summed E-state index contributed by atoms with van der Waals surface area (Å²) in [5.41, 5.74) is 2.56. The summed E-state index contributed by atoms with van der Waals surface area (Å²) in [7, 11) is 0. The zero-order chi connectivity index (χ0) is 14.4. The van der Waals surface area contributed by atoms with Gasteiger partial charge in [0.15, 0.2) is 5.78 Å². The summed E-state index contributed by atoms with van der Waals surface area (Å²) in [6, 6.07) is 0. The highest BCUT2D eigenvalue weighted by molar-refractivity contribution is 5.97. The summed E-state index contributed by atoms with van der Waals surface area (Å²) >= 11 is 0. The smallest absolute Gasteiger partial charge is 0.166 e. The maximum absolute atomic E-state index is 11.8. The third kappa shape index (κ3) is 4.46. The van der Waals surface area contributed by atoms with Crippen LogP contribution < -0.4 is 0 Å². The fourth-order valence-corrected chi connectivity index (χ4v) is 2.07. The van der Waals surface area contributed by atoms with Crippen LogP contribution in [0.2, 0.25) is 0 Å². The molecule has 1 aromatic rings. The van der Waals surface area contributed by atoms with Crippen LogP contribution in [0, 0.1) is 19.8 Å². The number of hydrogen-bond acceptors (Lipinski definition) is 3. The van der Waals surface area contributed by atoms with E-state index in [-0.39, 0.29) is 5.78 Å². The molecule has 0 aliphatic carbocycles. The Morgan fingerprint density at radius 1 is 1.32 bits per heavy atom. The predicted octanol–water partition coefficient (Wildman–Crippen LogP) is 3.16. The van der Waals surface area contributed by atoms with Crippen LogP contribution in [0.15, 0.2) is 0 Å². The van der Waals surface area contributed by atoms with Crippen molar-refractivity contribution in [1.29, 1.82) is 0 Å². The molecule has 0 atom stereocenters. The highest BCUT2D eigenvalue weighted by atomic mass is 16.5. The van der Waals surface area contributed by atoms with Gasteiger partial charge in [-0.05, 0) is 26.2 Å². The molecule has 0 unspecified atom stereocenters. The molecule has 1 rings (SSSR count). The van der Waals surface area contributed by atoms with Crippen LogP contribution in [-0.2, 0) is 11.3 Å². The first-order chi connectivity index (χ1) is 8.97. The molecule has 0 fully saturated rings. The molecule has 0 spiro atoms. The second-order valence-electron chi connectivity index (χ2n) is 5.34. The summed E-state index contributed by atoms with van der Waals surface area (Å²) in [6.45, 7) is 12.3. The van der Waals surface area contributed by atoms with Gasteiger partial charge in [-0.2, -0.15) is 5.10 Å². The lowest BCUT2D eigenvalue weighted by Crippen LogP contribution is -2.11. The lowest BCUT2D eigenvalue weighted by Gasteiger charge is -2.08. The van der Waals surface area contributed by atoms with Crippen molar-refractivity contribution in [2.24, 2.45) is 5.92 Å². The zero-order valence-corrected chi connectivity index (χ0v) is 12.8. The van der Waals surface area contributed by atoms with Crippen molar-refractivity contribution in [1.82, 2.24) is 9.78 Å². The summed E-state index contributed by atoms with van der Waals surface area (Å²) < 4.78 is 7.48. The minimum atomic E-state index is 0.168. The van der Waals surface area contributed by atoms with E-state index in [4.69, 9.17) is 4.74 Å². The van der Waals surface area contributed by atoms with Gasteiger partial charge in [0.1, 0.15) is 0 Å². The molecule has 1 heterocycles. The van der Waals surface area contributed by atoms with E-state index in [1.807, 2.05) is 25.5 Å². The van der Waals surface area contributed by atoms with E-state index in [1.165, 1.54) is 0 Å². The maximum Gasteiger partial charge on any atom is 0.166 e. The van der Waals surface area contributed by atoms with E-state index in [0.29, 0.717) is 25.5 Å². The van der Waals surface area contributed by atoms with E-state index in [1.54, 1.807) is 0 Å². The van der Waals surface area contributed by atoms with Crippen molar-refractivity contribution in [3.05, 3.63) is 17.0 Å². The van der Waals surface area contributed by atoms with Crippen molar-refractivity contribution in [2.45, 2.75) is 54.0 Å². The number of aromatic nitrogens is 2. The average Bonchev–Trinajstić information content (AvgIpc) is 2.63. The summed E-state index contributed by atoms with van der Waals surface area (Å²) in [5.74, 6) is 0.837. The third-order valence-corrected chi connectivity index (χ3v) is 3.27. The summed E-state index contributed by atoms with van der Waals surface area (Å²) in [5, 5.41) is 4.43. The average molecular weight is 266 g/mol. The van der Waals surface area contributed by atoms with Crippen LogP contribution in [0.25, 0.3) is 0 Å². The van der Waals surface area contributed by atoms with Gasteiger partial charge in [-0.25, -0.2) is 0 Å². The molecule has 4 nitrogen and oxygen atoms in total. The Kier molecular flexibility index (Phi) is 6.22. The van der Waals surface area contributed by atoms with Crippen LogP contribution >= 0.6 is 0 Å². The van der Waals surface area contributed by atoms with E-state index in [2.05, 4.69) is 18.9 Å². The summed E-state index contributed by atoms with van der Waals surface area (Å²) in [6.07, 6.45) is 1.61. The minimum Gasteiger partial charge on any atom is -0.380 e. The molecule has 0 saturated carbocycles. The van der Waals surface area contributed by atoms with Crippen LogP contribution in [-0.4, -0.2) is 28.8 Å². The minimum absolute atomic E-state index is 0.168. The molecule has 0 aromatic carbocycles. The molecule has 19 heavy (non-hydrogen) atoms. The van der Waals surface area contributed by atoms with Crippen LogP contribution in [0.3, 0.4) is 0 Å². The second-order valence-corrected chi connectivity index (χ2v) is 5.34. The number of ketones is 1. The number of aryl methyl sites for hydroxylation is 1. The first-order valence-electron chi connectivity index (χ1n) is 7.12. The Hall–Kier alpha value is -1.16. The molecule has 4 heteroatoms. The number of hydrogen-bond donors (Lipinski definition) is 0. The van der Waals surface area contributed by atoms with Crippen molar-refractivity contribution < 1.29 is 9.53 Å². The van der Waals surface area contributed by atoms with Crippen LogP contribution in [0.1, 0.15) is 55.4 Å². The number of Topliss-reactive ketones (excluding diaryl/α,β-unsaturated/α-hetero) is 1. The van der Waals surface area contributed by atoms with E-state index >= 15 is 0 Å². The van der Waals surface area contributed by atoms with Gasteiger partial charge in [-0.1, -0.05) is 20.8 Å². The predicted molar refractivity (Wildman–Crippen MR) is 76.6 cm³/mol. The Bertz CT molecular complexity index is 422. The second kappa shape index (κ2) is 7.43. The van der Waals surface area contributed by atoms with Gasteiger partial charge in [0.2, 0.25) is 0 Å². The molecule has 0 saturated heterocycles. The highest BCUT2D eigenvalue weighted by Crippen LogP contribution is 2.15. The van der Waals surface area contributed by atoms with Crippen LogP contribution in [0.4, 0.5) is 0 Å². The first kappa shape index (κ1) is 15.9. The number of nitrogens with zero attached hydrogens (tertiary/aromatic N) is 2. The van der Waals surface area contributed by atoms with Gasteiger partial charge in [0.25, 0.3) is 0 Å². The lowest BCUT2D eigenvalue weighted by molar-refractivity contribution is 0.0985. The summed E-state index contributed by atoms with van der Waals surface area (Å²) in [4.78, 5) is 11.8. The van der Waals surface area contributed by atoms with E-state index < -0.39 is 0 Å². The lowest BCUT2D eigenvalue weighted by atomic mass is 10.1. The van der Waals surface area contributed by atoms with Gasteiger partial charge >= 0.3 is 0 Å². The molecule has 0 radical (unpaired) electrons. The van der Waals surface area contributed by atoms with Gasteiger partial charge in [-0.15, -0.1) is 0 Å². The van der Waals surface area contributed by atoms with Crippen molar-refractivity contribution in [2.75, 3.05) is 13.2 Å². The van der Waals surface area contributed by atoms with Gasteiger partial charge in [-0.3, -0.25) is 9.48 Å². The normalized spacial score (nSPS) is 11.3. The standard InChI is InChI=1S/C15H26N2O2/c1-6-14(18)15-12(4)16-17(13(15)5)8-10-19-9-7-11(2)3/h11H,6-10H2,1-5H3. The van der Waals surface area contributed by atoms with E-state index in [0.717, 1.165) is 30.0 Å². The van der Waals surface area contributed by atoms with Crippen LogP contribution in [0.5, 0.6) is 0 Å². The first-order valence-corrected chi connectivity index (χ1v) is 7.12. The van der Waals surface area contributed by atoms with Crippen molar-refractivity contribution >= 4 is 5.78 Å². The largest absolute Gasteiger partial charge is 0.380 e. The topological polar surface area (TPSA) is 44.1 Å². The van der Waals surface area contributed by atoms with Gasteiger partial charge in [0.05, 0.1) is 24.4 Å². The Balaban J connectivity index is 2.53. The molecular weight excluding hydrogens is 240 g/mol. The third-order valence-electron chi connectivity index (χ3n) is 3.27. The fourth-order valence-electron chi connectivity index (χ4n) is 2.07. The zero-order valence-electron chi connectivity index (χ0n) is 12.8. The Labute approximate surface area is 116 Å². The molecule has 0 aliphatic rings. The van der Waals surface area contributed by atoms with Crippen molar-refractivity contribution in [3.63, 3.8) is 0 Å². The number of carbonyl (C=O) groups is 1. The Morgan fingerprint density at radius 2 is 2.00 bits per heavy atom. The molecule has 0 amide bonds. The monoisotopic (exact) mass is 266 g/mol. The highest BCUT2D eigenvalue weighted by Gasteiger charge is 2.16. The molecule has 0 aliphatic heterocycles. The Morgan fingerprint density at radius 3 is 2.58 bits per heavy atom. The maximum atomic E-state index is 11.8. The molecule has 1 aromatic heterocycles. The van der Waals surface area contributed by atoms with Gasteiger partial charge < -0.3 is 4.74 Å². The van der Waals surface area contributed by atoms with Gasteiger partial charge in [0, 0.05) is 18.7 Å².